The van der Waals surface area contributed by atoms with Crippen molar-refractivity contribution in [2.24, 2.45) is 7.05 Å². The van der Waals surface area contributed by atoms with E-state index >= 15 is 0 Å². The highest BCUT2D eigenvalue weighted by Gasteiger charge is 2.35. The third kappa shape index (κ3) is 5.13. The molecule has 3 rings (SSSR count). The van der Waals surface area contributed by atoms with Crippen LogP contribution in [-0.2, 0) is 18.4 Å². The van der Waals surface area contributed by atoms with Crippen molar-refractivity contribution in [1.82, 2.24) is 14.4 Å². The van der Waals surface area contributed by atoms with Gasteiger partial charge in [-0.25, -0.2) is 0 Å². The Hall–Kier alpha value is -3.16. The van der Waals surface area contributed by atoms with Gasteiger partial charge in [-0.1, -0.05) is 13.0 Å². The van der Waals surface area contributed by atoms with E-state index in [1.807, 2.05) is 48.7 Å². The van der Waals surface area contributed by atoms with E-state index in [4.69, 9.17) is 0 Å². The van der Waals surface area contributed by atoms with Crippen molar-refractivity contribution in [2.45, 2.75) is 58.7 Å². The molecule has 0 saturated heterocycles. The van der Waals surface area contributed by atoms with Gasteiger partial charge in [0.25, 0.3) is 11.6 Å². The van der Waals surface area contributed by atoms with Crippen LogP contribution in [0.2, 0.25) is 0 Å². The van der Waals surface area contributed by atoms with E-state index in [0.717, 1.165) is 18.5 Å². The second kappa shape index (κ2) is 9.32. The van der Waals surface area contributed by atoms with Gasteiger partial charge >= 0.3 is 0 Å². The zero-order chi connectivity index (χ0) is 22.7. The molecule has 1 aliphatic carbocycles. The molecule has 1 aliphatic rings. The summed E-state index contributed by atoms with van der Waals surface area (Å²) >= 11 is 0. The van der Waals surface area contributed by atoms with E-state index in [1.54, 1.807) is 19.1 Å². The molecule has 1 unspecified atom stereocenters. The molecule has 1 atom stereocenters. The van der Waals surface area contributed by atoms with E-state index in [-0.39, 0.29) is 41.7 Å². The lowest BCUT2D eigenvalue weighted by Gasteiger charge is -2.31. The van der Waals surface area contributed by atoms with Gasteiger partial charge in [0, 0.05) is 48.2 Å². The number of amides is 2. The molecule has 166 valence electrons. The van der Waals surface area contributed by atoms with Gasteiger partial charge in [0.2, 0.25) is 5.91 Å². The second-order valence-corrected chi connectivity index (χ2v) is 8.31. The lowest BCUT2D eigenvalue weighted by molar-refractivity contribution is -0.385. The fraction of sp³-hybridized carbons (Fsp3) is 0.478. The average molecular weight is 427 g/mol. The minimum absolute atomic E-state index is 0.0452. The molecule has 1 fully saturated rings. The SMILES string of the molecule is CCC(C)N(CC(=O)N(Cc1cccn1C)C1CC1)C(=O)c1ccc(C)c([N+](=O)[O-])c1. The van der Waals surface area contributed by atoms with Crippen molar-refractivity contribution in [3.05, 3.63) is 63.5 Å². The minimum atomic E-state index is -0.487. The third-order valence-electron chi connectivity index (χ3n) is 6.03. The number of hydrogen-bond donors (Lipinski definition) is 0. The van der Waals surface area contributed by atoms with Crippen LogP contribution < -0.4 is 0 Å². The summed E-state index contributed by atoms with van der Waals surface area (Å²) in [6.07, 6.45) is 4.56. The normalized spacial score (nSPS) is 14.2. The van der Waals surface area contributed by atoms with Crippen LogP contribution in [0.1, 0.15) is 54.7 Å². The number of benzene rings is 1. The van der Waals surface area contributed by atoms with Crippen molar-refractivity contribution >= 4 is 17.5 Å². The zero-order valence-corrected chi connectivity index (χ0v) is 18.6. The van der Waals surface area contributed by atoms with E-state index < -0.39 is 4.92 Å². The Bertz CT molecular complexity index is 980. The van der Waals surface area contributed by atoms with Crippen molar-refractivity contribution in [2.75, 3.05) is 6.54 Å². The summed E-state index contributed by atoms with van der Waals surface area (Å²) in [5.74, 6) is -0.459. The lowest BCUT2D eigenvalue weighted by Crippen LogP contribution is -2.47. The largest absolute Gasteiger partial charge is 0.353 e. The first kappa shape index (κ1) is 22.5. The van der Waals surface area contributed by atoms with Gasteiger partial charge in [-0.05, 0) is 51.3 Å². The molecule has 1 aromatic carbocycles. The van der Waals surface area contributed by atoms with Crippen LogP contribution in [0.25, 0.3) is 0 Å². The standard InChI is InChI=1S/C23H30N4O4/c1-5-17(3)25(23(29)18-9-8-16(2)21(13-18)27(30)31)15-22(28)26(19-10-11-19)14-20-7-6-12-24(20)4/h6-9,12-13,17,19H,5,10-11,14-15H2,1-4H3. The van der Waals surface area contributed by atoms with E-state index in [1.165, 1.54) is 11.0 Å². The molecule has 0 N–H and O–H groups in total. The van der Waals surface area contributed by atoms with Crippen LogP contribution in [0.15, 0.2) is 36.5 Å². The molecule has 8 heteroatoms. The van der Waals surface area contributed by atoms with Crippen LogP contribution in [-0.4, -0.2) is 49.7 Å². The highest BCUT2D eigenvalue weighted by atomic mass is 16.6. The van der Waals surface area contributed by atoms with E-state index in [0.29, 0.717) is 18.5 Å². The minimum Gasteiger partial charge on any atom is -0.353 e. The first-order valence-electron chi connectivity index (χ1n) is 10.7. The van der Waals surface area contributed by atoms with Gasteiger partial charge < -0.3 is 14.4 Å². The molecule has 0 aliphatic heterocycles. The topological polar surface area (TPSA) is 88.7 Å². The fourth-order valence-corrected chi connectivity index (χ4v) is 3.63. The van der Waals surface area contributed by atoms with Gasteiger partial charge in [-0.2, -0.15) is 0 Å². The number of nitro benzene ring substituents is 1. The molecule has 2 amide bonds. The zero-order valence-electron chi connectivity index (χ0n) is 18.6. The Morgan fingerprint density at radius 1 is 1.29 bits per heavy atom. The lowest BCUT2D eigenvalue weighted by atomic mass is 10.1. The van der Waals surface area contributed by atoms with Crippen molar-refractivity contribution in [3.63, 3.8) is 0 Å². The predicted molar refractivity (Wildman–Crippen MR) is 118 cm³/mol. The summed E-state index contributed by atoms with van der Waals surface area (Å²) in [6.45, 7) is 5.95. The summed E-state index contributed by atoms with van der Waals surface area (Å²) < 4.78 is 1.99. The van der Waals surface area contributed by atoms with Crippen molar-refractivity contribution < 1.29 is 14.5 Å². The maximum Gasteiger partial charge on any atom is 0.273 e. The number of aromatic nitrogens is 1. The molecule has 1 heterocycles. The number of nitro groups is 1. The number of rotatable bonds is 9. The first-order valence-corrected chi connectivity index (χ1v) is 10.7. The summed E-state index contributed by atoms with van der Waals surface area (Å²) in [4.78, 5) is 40.8. The van der Waals surface area contributed by atoms with E-state index in [2.05, 4.69) is 0 Å². The maximum absolute atomic E-state index is 13.3. The Morgan fingerprint density at radius 3 is 2.55 bits per heavy atom. The third-order valence-corrected chi connectivity index (χ3v) is 6.03. The molecule has 0 radical (unpaired) electrons. The van der Waals surface area contributed by atoms with Crippen LogP contribution in [0.4, 0.5) is 5.69 Å². The first-order chi connectivity index (χ1) is 14.7. The molecule has 8 nitrogen and oxygen atoms in total. The van der Waals surface area contributed by atoms with Crippen LogP contribution in [0, 0.1) is 17.0 Å². The Labute approximate surface area is 182 Å². The molecule has 1 saturated carbocycles. The highest BCUT2D eigenvalue weighted by Crippen LogP contribution is 2.29. The number of nitrogens with zero attached hydrogens (tertiary/aromatic N) is 4. The molecule has 2 aromatic rings. The number of aryl methyl sites for hydroxylation is 2. The van der Waals surface area contributed by atoms with Gasteiger partial charge in [0.1, 0.15) is 6.54 Å². The molecule has 0 bridgehead atoms. The molecular weight excluding hydrogens is 396 g/mol. The van der Waals surface area contributed by atoms with Crippen LogP contribution >= 0.6 is 0 Å². The van der Waals surface area contributed by atoms with E-state index in [9.17, 15) is 19.7 Å². The summed E-state index contributed by atoms with van der Waals surface area (Å²) in [5, 5.41) is 11.3. The van der Waals surface area contributed by atoms with Gasteiger partial charge in [-0.15, -0.1) is 0 Å². The smallest absolute Gasteiger partial charge is 0.273 e. The summed E-state index contributed by atoms with van der Waals surface area (Å²) in [5.41, 5.74) is 1.67. The Morgan fingerprint density at radius 2 is 2.00 bits per heavy atom. The monoisotopic (exact) mass is 426 g/mol. The number of carbonyl (C=O) groups excluding carboxylic acids is 2. The Kier molecular flexibility index (Phi) is 6.77. The number of carbonyl (C=O) groups is 2. The molecule has 31 heavy (non-hydrogen) atoms. The maximum atomic E-state index is 13.3. The molecule has 1 aromatic heterocycles. The van der Waals surface area contributed by atoms with Crippen LogP contribution in [0.3, 0.4) is 0 Å². The van der Waals surface area contributed by atoms with Gasteiger partial charge in [0.05, 0.1) is 11.5 Å². The summed E-state index contributed by atoms with van der Waals surface area (Å²) in [6, 6.07) is 8.45. The highest BCUT2D eigenvalue weighted by molar-refractivity contribution is 5.97. The molecular formula is C23H30N4O4. The Balaban J connectivity index is 1.82. The second-order valence-electron chi connectivity index (χ2n) is 8.31. The molecule has 0 spiro atoms. The fourth-order valence-electron chi connectivity index (χ4n) is 3.63. The van der Waals surface area contributed by atoms with Crippen molar-refractivity contribution in [3.8, 4) is 0 Å². The summed E-state index contributed by atoms with van der Waals surface area (Å²) in [7, 11) is 1.95. The predicted octanol–water partition coefficient (Wildman–Crippen LogP) is 3.67. The average Bonchev–Trinajstić information content (AvgIpc) is 3.50. The quantitative estimate of drug-likeness (QED) is 0.452. The number of hydrogen-bond acceptors (Lipinski definition) is 4. The van der Waals surface area contributed by atoms with Crippen LogP contribution in [0.5, 0.6) is 0 Å². The van der Waals surface area contributed by atoms with Crippen molar-refractivity contribution in [1.29, 1.82) is 0 Å². The van der Waals surface area contributed by atoms with Gasteiger partial charge in [0.15, 0.2) is 0 Å². The van der Waals surface area contributed by atoms with Gasteiger partial charge in [-0.3, -0.25) is 19.7 Å².